The quantitative estimate of drug-likeness (QED) is 0.485. The van der Waals surface area contributed by atoms with Crippen molar-refractivity contribution in [3.8, 4) is 0 Å². The van der Waals surface area contributed by atoms with Crippen LogP contribution in [0.15, 0.2) is 24.3 Å². The number of fused-ring (bicyclic) bond motifs is 1. The first-order valence-corrected chi connectivity index (χ1v) is 9.63. The molecule has 23 heavy (non-hydrogen) atoms. The SMILES string of the molecule is CCCCCCCCCCc1ccc2c(c1)C(C)=CC(C)(C)N2. The number of allylic oxidation sites excluding steroid dienone is 1. The minimum atomic E-state index is 0.0658. The lowest BCUT2D eigenvalue weighted by Crippen LogP contribution is -2.31. The summed E-state index contributed by atoms with van der Waals surface area (Å²) in [6.45, 7) is 8.98. The molecule has 0 saturated carbocycles. The van der Waals surface area contributed by atoms with Gasteiger partial charge in [-0.25, -0.2) is 0 Å². The molecular weight excluding hydrogens is 278 g/mol. The van der Waals surface area contributed by atoms with Crippen molar-refractivity contribution < 1.29 is 0 Å². The lowest BCUT2D eigenvalue weighted by molar-refractivity contribution is 0.575. The van der Waals surface area contributed by atoms with Crippen molar-refractivity contribution in [2.45, 2.75) is 91.0 Å². The molecule has 0 spiro atoms. The highest BCUT2D eigenvalue weighted by molar-refractivity contribution is 5.80. The number of benzene rings is 1. The van der Waals surface area contributed by atoms with Gasteiger partial charge in [0, 0.05) is 11.3 Å². The lowest BCUT2D eigenvalue weighted by Gasteiger charge is -2.31. The van der Waals surface area contributed by atoms with Gasteiger partial charge in [0.25, 0.3) is 0 Å². The Bertz CT molecular complexity index is 525. The largest absolute Gasteiger partial charge is 0.376 e. The summed E-state index contributed by atoms with van der Waals surface area (Å²) in [5.74, 6) is 0. The molecule has 0 bridgehead atoms. The van der Waals surface area contributed by atoms with Crippen molar-refractivity contribution in [1.82, 2.24) is 0 Å². The molecule has 0 aliphatic carbocycles. The second-order valence-corrected chi connectivity index (χ2v) is 7.78. The van der Waals surface area contributed by atoms with Crippen molar-refractivity contribution in [1.29, 1.82) is 0 Å². The Balaban J connectivity index is 1.77. The van der Waals surface area contributed by atoms with E-state index in [1.807, 2.05) is 0 Å². The fraction of sp³-hybridized carbons (Fsp3) is 0.636. The maximum atomic E-state index is 3.62. The topological polar surface area (TPSA) is 12.0 Å². The van der Waals surface area contributed by atoms with E-state index >= 15 is 0 Å². The second-order valence-electron chi connectivity index (χ2n) is 7.78. The summed E-state index contributed by atoms with van der Waals surface area (Å²) in [5.41, 5.74) is 5.64. The average Bonchev–Trinajstić information content (AvgIpc) is 2.49. The van der Waals surface area contributed by atoms with Gasteiger partial charge in [0.15, 0.2) is 0 Å². The van der Waals surface area contributed by atoms with Crippen molar-refractivity contribution in [2.24, 2.45) is 0 Å². The van der Waals surface area contributed by atoms with Crippen LogP contribution >= 0.6 is 0 Å². The Morgan fingerprint density at radius 3 is 2.26 bits per heavy atom. The zero-order chi connectivity index (χ0) is 16.7. The van der Waals surface area contributed by atoms with E-state index in [4.69, 9.17) is 0 Å². The van der Waals surface area contributed by atoms with Gasteiger partial charge in [0.2, 0.25) is 0 Å². The summed E-state index contributed by atoms with van der Waals surface area (Å²) in [6.07, 6.45) is 14.7. The predicted molar refractivity (Wildman–Crippen MR) is 104 cm³/mol. The van der Waals surface area contributed by atoms with E-state index in [1.165, 1.54) is 80.2 Å². The van der Waals surface area contributed by atoms with E-state index in [2.05, 4.69) is 57.3 Å². The van der Waals surface area contributed by atoms with E-state index in [9.17, 15) is 0 Å². The van der Waals surface area contributed by atoms with Crippen LogP contribution in [0.1, 0.15) is 90.2 Å². The van der Waals surface area contributed by atoms with Crippen LogP contribution in [-0.4, -0.2) is 5.54 Å². The average molecular weight is 314 g/mol. The Hall–Kier alpha value is -1.24. The first-order chi connectivity index (χ1) is 11.0. The van der Waals surface area contributed by atoms with E-state index < -0.39 is 0 Å². The van der Waals surface area contributed by atoms with Crippen LogP contribution in [0.4, 0.5) is 5.69 Å². The normalized spacial score (nSPS) is 15.7. The third kappa shape index (κ3) is 5.71. The fourth-order valence-electron chi connectivity index (χ4n) is 3.65. The second kappa shape index (κ2) is 8.57. The molecule has 1 aromatic rings. The first kappa shape index (κ1) is 18.1. The molecule has 1 heteroatoms. The van der Waals surface area contributed by atoms with Gasteiger partial charge in [0.05, 0.1) is 5.54 Å². The van der Waals surface area contributed by atoms with Gasteiger partial charge in [-0.2, -0.15) is 0 Å². The van der Waals surface area contributed by atoms with Gasteiger partial charge in [-0.05, 0) is 56.9 Å². The summed E-state index contributed by atoms with van der Waals surface area (Å²) in [5, 5.41) is 3.62. The highest BCUT2D eigenvalue weighted by Crippen LogP contribution is 2.34. The summed E-state index contributed by atoms with van der Waals surface area (Å²) in [7, 11) is 0. The maximum absolute atomic E-state index is 3.62. The molecule has 1 aromatic carbocycles. The smallest absolute Gasteiger partial charge is 0.0505 e. The summed E-state index contributed by atoms with van der Waals surface area (Å²) >= 11 is 0. The van der Waals surface area contributed by atoms with Crippen molar-refractivity contribution in [3.63, 3.8) is 0 Å². The molecule has 0 unspecified atom stereocenters. The zero-order valence-electron chi connectivity index (χ0n) is 15.7. The van der Waals surface area contributed by atoms with Gasteiger partial charge in [0.1, 0.15) is 0 Å². The molecule has 1 aliphatic heterocycles. The van der Waals surface area contributed by atoms with Gasteiger partial charge in [-0.3, -0.25) is 0 Å². The van der Waals surface area contributed by atoms with Gasteiger partial charge in [-0.15, -0.1) is 0 Å². The molecule has 0 atom stereocenters. The molecule has 1 N–H and O–H groups in total. The molecule has 0 amide bonds. The van der Waals surface area contributed by atoms with Crippen LogP contribution in [-0.2, 0) is 6.42 Å². The number of unbranched alkanes of at least 4 members (excludes halogenated alkanes) is 7. The molecule has 2 rings (SSSR count). The van der Waals surface area contributed by atoms with Gasteiger partial charge in [-0.1, -0.05) is 64.0 Å². The minimum absolute atomic E-state index is 0.0658. The molecular formula is C22H35N. The Morgan fingerprint density at radius 2 is 1.57 bits per heavy atom. The predicted octanol–water partition coefficient (Wildman–Crippen LogP) is 6.98. The van der Waals surface area contributed by atoms with E-state index in [0.717, 1.165) is 0 Å². The zero-order valence-corrected chi connectivity index (χ0v) is 15.7. The lowest BCUT2D eigenvalue weighted by atomic mass is 9.90. The van der Waals surface area contributed by atoms with Crippen molar-refractivity contribution in [2.75, 3.05) is 5.32 Å². The highest BCUT2D eigenvalue weighted by atomic mass is 15.0. The Labute approximate surface area is 143 Å². The van der Waals surface area contributed by atoms with Crippen LogP contribution in [0.25, 0.3) is 5.57 Å². The van der Waals surface area contributed by atoms with Crippen molar-refractivity contribution in [3.05, 3.63) is 35.4 Å². The molecule has 0 fully saturated rings. The monoisotopic (exact) mass is 313 g/mol. The number of nitrogens with one attached hydrogen (secondary N) is 1. The maximum Gasteiger partial charge on any atom is 0.0505 e. The van der Waals surface area contributed by atoms with Crippen LogP contribution in [0.3, 0.4) is 0 Å². The van der Waals surface area contributed by atoms with E-state index in [0.29, 0.717) is 0 Å². The third-order valence-electron chi connectivity index (χ3n) is 4.86. The van der Waals surface area contributed by atoms with Gasteiger partial charge < -0.3 is 5.32 Å². The molecule has 0 radical (unpaired) electrons. The first-order valence-electron chi connectivity index (χ1n) is 9.63. The van der Waals surface area contributed by atoms with E-state index in [1.54, 1.807) is 0 Å². The number of anilines is 1. The van der Waals surface area contributed by atoms with Crippen LogP contribution in [0.2, 0.25) is 0 Å². The minimum Gasteiger partial charge on any atom is -0.376 e. The summed E-state index contributed by atoms with van der Waals surface area (Å²) < 4.78 is 0. The van der Waals surface area contributed by atoms with E-state index in [-0.39, 0.29) is 5.54 Å². The standard InChI is InChI=1S/C22H35N/c1-5-6-7-8-9-10-11-12-13-19-14-15-21-20(16-19)18(2)17-22(3,4)23-21/h14-17,23H,5-13H2,1-4H3. The highest BCUT2D eigenvalue weighted by Gasteiger charge is 2.22. The fourth-order valence-corrected chi connectivity index (χ4v) is 3.65. The summed E-state index contributed by atoms with van der Waals surface area (Å²) in [6, 6.07) is 6.97. The number of rotatable bonds is 9. The third-order valence-corrected chi connectivity index (χ3v) is 4.86. The molecule has 1 aliphatic rings. The molecule has 0 aromatic heterocycles. The Morgan fingerprint density at radius 1 is 0.913 bits per heavy atom. The Kier molecular flexibility index (Phi) is 6.74. The molecule has 1 heterocycles. The molecule has 128 valence electrons. The van der Waals surface area contributed by atoms with Crippen LogP contribution in [0.5, 0.6) is 0 Å². The summed E-state index contributed by atoms with van der Waals surface area (Å²) in [4.78, 5) is 0. The number of aryl methyl sites for hydroxylation is 1. The van der Waals surface area contributed by atoms with Crippen LogP contribution < -0.4 is 5.32 Å². The van der Waals surface area contributed by atoms with Gasteiger partial charge >= 0.3 is 0 Å². The number of hydrogen-bond donors (Lipinski definition) is 1. The number of hydrogen-bond acceptors (Lipinski definition) is 1. The molecule has 1 nitrogen and oxygen atoms in total. The molecule has 0 saturated heterocycles. The van der Waals surface area contributed by atoms with Crippen molar-refractivity contribution >= 4 is 11.3 Å². The van der Waals surface area contributed by atoms with Crippen LogP contribution in [0, 0.1) is 0 Å².